The quantitative estimate of drug-likeness (QED) is 0.164. The molecule has 0 N–H and O–H groups in total. The smallest absolute Gasteiger partial charge is 0.333 e. The second-order valence-electron chi connectivity index (χ2n) is 23.9. The Bertz CT molecular complexity index is 3650. The van der Waals surface area contributed by atoms with Gasteiger partial charge in [0.1, 0.15) is 11.2 Å². The molecule has 0 radical (unpaired) electrons. The zero-order valence-corrected chi connectivity index (χ0v) is 42.6. The molecule has 0 unspecified atom stereocenters. The number of para-hydroxylation sites is 1. The highest BCUT2D eigenvalue weighted by molar-refractivity contribution is 6.94. The molecule has 2 aliphatic carbocycles. The lowest BCUT2D eigenvalue weighted by atomic mass is 9.43. The molecule has 3 heterocycles. The second kappa shape index (κ2) is 14.9. The van der Waals surface area contributed by atoms with E-state index in [0.29, 0.717) is 0 Å². The lowest BCUT2D eigenvalue weighted by Gasteiger charge is -2.48. The van der Waals surface area contributed by atoms with Gasteiger partial charge in [-0.1, -0.05) is 165 Å². The Hall–Kier alpha value is -6.78. The fourth-order valence-electron chi connectivity index (χ4n) is 13.3. The number of aryl methyl sites for hydroxylation is 2. The summed E-state index contributed by atoms with van der Waals surface area (Å²) >= 11 is 0. The van der Waals surface area contributed by atoms with Gasteiger partial charge in [-0.05, 0) is 170 Å². The van der Waals surface area contributed by atoms with Gasteiger partial charge in [-0.3, -0.25) is 0 Å². The Balaban J connectivity index is 1.20. The molecule has 13 rings (SSSR count). The number of hydrogen-bond acceptors (Lipinski definition) is 3. The van der Waals surface area contributed by atoms with Gasteiger partial charge < -0.3 is 14.1 Å². The zero-order valence-electron chi connectivity index (χ0n) is 42.6. The Morgan fingerprint density at radius 1 is 0.429 bits per heavy atom. The molecule has 0 spiro atoms. The van der Waals surface area contributed by atoms with Crippen LogP contribution >= 0.6 is 0 Å². The van der Waals surface area contributed by atoms with E-state index in [-0.39, 0.29) is 28.5 Å². The van der Waals surface area contributed by atoms with E-state index in [2.05, 4.69) is 231 Å². The molecule has 0 fully saturated rings. The average Bonchev–Trinajstić information content (AvgIpc) is 3.73. The van der Waals surface area contributed by atoms with Gasteiger partial charge in [-0.15, -0.1) is 0 Å². The highest BCUT2D eigenvalue weighted by Gasteiger charge is 2.49. The molecule has 2 aliphatic heterocycles. The molecule has 8 aromatic carbocycles. The summed E-state index contributed by atoms with van der Waals surface area (Å²) < 4.78 is 7.23. The van der Waals surface area contributed by atoms with E-state index in [1.807, 2.05) is 0 Å². The summed E-state index contributed by atoms with van der Waals surface area (Å²) in [6, 6.07) is 57.9. The maximum atomic E-state index is 7.23. The van der Waals surface area contributed by atoms with Crippen LogP contribution in [0.5, 0.6) is 0 Å². The van der Waals surface area contributed by atoms with Gasteiger partial charge >= 0.3 is 6.85 Å². The third-order valence-corrected chi connectivity index (χ3v) is 17.6. The van der Waals surface area contributed by atoms with Crippen LogP contribution < -0.4 is 20.6 Å². The first-order valence-corrected chi connectivity index (χ1v) is 25.8. The molecular formula is C66H63BN2O. The molecule has 0 atom stereocenters. The van der Waals surface area contributed by atoms with Crippen LogP contribution in [0.3, 0.4) is 0 Å². The minimum Gasteiger partial charge on any atom is -0.455 e. The van der Waals surface area contributed by atoms with Crippen molar-refractivity contribution in [2.45, 2.75) is 117 Å². The van der Waals surface area contributed by atoms with E-state index in [1.54, 1.807) is 0 Å². The lowest BCUT2D eigenvalue weighted by molar-refractivity contribution is 0.332. The number of furan rings is 1. The highest BCUT2D eigenvalue weighted by Crippen LogP contribution is 2.56. The van der Waals surface area contributed by atoms with Crippen molar-refractivity contribution in [1.29, 1.82) is 0 Å². The predicted molar refractivity (Wildman–Crippen MR) is 298 cm³/mol. The van der Waals surface area contributed by atoms with Crippen molar-refractivity contribution in [3.8, 4) is 33.4 Å². The third-order valence-electron chi connectivity index (χ3n) is 17.6. The van der Waals surface area contributed by atoms with Gasteiger partial charge in [-0.25, -0.2) is 0 Å². The third kappa shape index (κ3) is 6.27. The standard InChI is InChI=1S/C66H63BN2O/c1-40-33-49-51(65(7,8)31-29-63(49,3)4)38-55(40)68-57-36-45(43-21-15-12-16-22-43)25-27-53(57)67-61-58(68)37-47-46-23-17-18-24-59(46)70-62(47)60(61)48-35-44(42-19-13-11-14-20-42)26-28-54(48)69(67)56-39-52-50(34-41(56)2)64(5,6)30-32-66(52,9)10/h11-28,33-39H,29-32H2,1-10H3. The molecule has 0 bridgehead atoms. The van der Waals surface area contributed by atoms with E-state index in [4.69, 9.17) is 4.42 Å². The van der Waals surface area contributed by atoms with Crippen molar-refractivity contribution in [3.63, 3.8) is 0 Å². The van der Waals surface area contributed by atoms with Crippen LogP contribution in [0, 0.1) is 13.8 Å². The summed E-state index contributed by atoms with van der Waals surface area (Å²) in [6.45, 7) is 24.2. The Kier molecular flexibility index (Phi) is 9.19. The van der Waals surface area contributed by atoms with Crippen molar-refractivity contribution in [1.82, 2.24) is 0 Å². The Labute approximate surface area is 415 Å². The number of rotatable bonds is 4. The molecule has 0 saturated carbocycles. The minimum atomic E-state index is -0.168. The Morgan fingerprint density at radius 3 is 1.56 bits per heavy atom. The monoisotopic (exact) mass is 911 g/mol. The first-order chi connectivity index (χ1) is 33.5. The molecule has 0 amide bonds. The van der Waals surface area contributed by atoms with Gasteiger partial charge in [0.25, 0.3) is 0 Å². The van der Waals surface area contributed by atoms with Crippen LogP contribution in [0.25, 0.3) is 55.3 Å². The van der Waals surface area contributed by atoms with Crippen molar-refractivity contribution < 1.29 is 4.42 Å². The van der Waals surface area contributed by atoms with Gasteiger partial charge in [0.05, 0.1) is 0 Å². The minimum absolute atomic E-state index is 0.0282. The number of benzene rings is 8. The van der Waals surface area contributed by atoms with Crippen molar-refractivity contribution in [2.75, 3.05) is 9.71 Å². The van der Waals surface area contributed by atoms with Crippen molar-refractivity contribution in [3.05, 3.63) is 185 Å². The fourth-order valence-corrected chi connectivity index (χ4v) is 13.3. The van der Waals surface area contributed by atoms with Crippen LogP contribution in [0.15, 0.2) is 156 Å². The van der Waals surface area contributed by atoms with Crippen LogP contribution in [0.1, 0.15) is 114 Å². The molecule has 0 saturated heterocycles. The van der Waals surface area contributed by atoms with Gasteiger partial charge in [-0.2, -0.15) is 0 Å². The summed E-state index contributed by atoms with van der Waals surface area (Å²) in [4.78, 5) is 5.41. The molecule has 70 heavy (non-hydrogen) atoms. The molecule has 4 heteroatoms. The summed E-state index contributed by atoms with van der Waals surface area (Å²) in [5.74, 6) is 0. The van der Waals surface area contributed by atoms with E-state index in [9.17, 15) is 0 Å². The summed E-state index contributed by atoms with van der Waals surface area (Å²) in [6.07, 6.45) is 4.66. The molecule has 4 aliphatic rings. The normalized spacial score (nSPS) is 17.7. The van der Waals surface area contributed by atoms with Crippen LogP contribution in [-0.2, 0) is 21.7 Å². The van der Waals surface area contributed by atoms with Gasteiger partial charge in [0, 0.05) is 50.3 Å². The number of fused-ring (bicyclic) bond motifs is 10. The van der Waals surface area contributed by atoms with Crippen LogP contribution in [0.4, 0.5) is 28.4 Å². The highest BCUT2D eigenvalue weighted by atomic mass is 16.3. The zero-order chi connectivity index (χ0) is 48.2. The number of hydrogen-bond donors (Lipinski definition) is 0. The van der Waals surface area contributed by atoms with E-state index in [1.165, 1.54) is 119 Å². The van der Waals surface area contributed by atoms with Gasteiger partial charge in [0.2, 0.25) is 0 Å². The molecule has 1 aromatic heterocycles. The second-order valence-corrected chi connectivity index (χ2v) is 23.9. The largest absolute Gasteiger partial charge is 0.455 e. The summed E-state index contributed by atoms with van der Waals surface area (Å²) in [7, 11) is 0. The van der Waals surface area contributed by atoms with Crippen LogP contribution in [-0.4, -0.2) is 6.85 Å². The van der Waals surface area contributed by atoms with Crippen molar-refractivity contribution >= 4 is 68.1 Å². The average molecular weight is 911 g/mol. The fraction of sp³-hybridized carbons (Fsp3) is 0.273. The first-order valence-electron chi connectivity index (χ1n) is 25.8. The topological polar surface area (TPSA) is 19.6 Å². The van der Waals surface area contributed by atoms with Gasteiger partial charge in [0.15, 0.2) is 0 Å². The predicted octanol–water partition coefficient (Wildman–Crippen LogP) is 16.9. The molecule has 9 aromatic rings. The SMILES string of the molecule is Cc1cc2c(cc1N1B3c4ccc(-c5ccccc5)cc4N(c4cc5c(cc4C)C(C)(C)CCC5(C)C)c4cc5c(oc6ccccc65)c(c43)-c3cc(-c4ccccc4)ccc31)C(C)(C)CCC2(C)C. The summed E-state index contributed by atoms with van der Waals surface area (Å²) in [5, 5.41) is 2.28. The maximum absolute atomic E-state index is 7.23. The Morgan fingerprint density at radius 2 is 0.943 bits per heavy atom. The molecule has 3 nitrogen and oxygen atoms in total. The van der Waals surface area contributed by atoms with E-state index >= 15 is 0 Å². The molecule has 346 valence electrons. The number of nitrogens with zero attached hydrogens (tertiary/aromatic N) is 2. The number of anilines is 5. The van der Waals surface area contributed by atoms with E-state index in [0.717, 1.165) is 34.8 Å². The summed E-state index contributed by atoms with van der Waals surface area (Å²) in [5.41, 5.74) is 26.5. The van der Waals surface area contributed by atoms with Crippen LogP contribution in [0.2, 0.25) is 0 Å². The van der Waals surface area contributed by atoms with E-state index < -0.39 is 0 Å². The lowest BCUT2D eigenvalue weighted by Crippen LogP contribution is -2.61. The maximum Gasteiger partial charge on any atom is 0.333 e. The van der Waals surface area contributed by atoms with Crippen molar-refractivity contribution in [2.24, 2.45) is 0 Å². The first kappa shape index (κ1) is 43.3. The molecular weight excluding hydrogens is 848 g/mol.